The van der Waals surface area contributed by atoms with Gasteiger partial charge in [-0.3, -0.25) is 0 Å². The molecule has 0 atom stereocenters. The molecule has 21 heavy (non-hydrogen) atoms. The van der Waals surface area contributed by atoms with Crippen LogP contribution in [-0.4, -0.2) is 25.0 Å². The summed E-state index contributed by atoms with van der Waals surface area (Å²) in [7, 11) is 1.23. The molecule has 116 valence electrons. The topological polar surface area (TPSA) is 78.9 Å². The minimum Gasteiger partial charge on any atom is -0.466 e. The number of ether oxygens (including phenoxy) is 3. The van der Waals surface area contributed by atoms with Gasteiger partial charge >= 0.3 is 17.9 Å². The van der Waals surface area contributed by atoms with E-state index in [1.165, 1.54) is 41.7 Å². The Hall–Kier alpha value is -2.37. The van der Waals surface area contributed by atoms with E-state index in [4.69, 9.17) is 9.47 Å². The molecule has 0 aliphatic rings. The van der Waals surface area contributed by atoms with Gasteiger partial charge in [0.25, 0.3) is 0 Å². The maximum atomic E-state index is 11.9. The summed E-state index contributed by atoms with van der Waals surface area (Å²) in [5, 5.41) is 0. The van der Waals surface area contributed by atoms with Crippen molar-refractivity contribution in [2.75, 3.05) is 7.11 Å². The highest BCUT2D eigenvalue weighted by atomic mass is 16.6. The fourth-order valence-electron chi connectivity index (χ4n) is 1.04. The fraction of sp³-hybridized carbons (Fsp3) is 0.400. The second-order valence-corrected chi connectivity index (χ2v) is 4.41. The summed E-state index contributed by atoms with van der Waals surface area (Å²) in [5.41, 5.74) is 0.505. The summed E-state index contributed by atoms with van der Waals surface area (Å²) >= 11 is 0. The summed E-state index contributed by atoms with van der Waals surface area (Å²) in [4.78, 5) is 34.5. The molecule has 6 heteroatoms. The number of rotatable bonds is 5. The first-order chi connectivity index (χ1) is 9.61. The molecule has 0 saturated heterocycles. The molecule has 0 heterocycles. The van der Waals surface area contributed by atoms with E-state index in [1.807, 2.05) is 0 Å². The number of esters is 3. The number of carbonyl (C=O) groups excluding carboxylic acids is 3. The van der Waals surface area contributed by atoms with Crippen LogP contribution in [0.1, 0.15) is 34.6 Å². The predicted molar refractivity (Wildman–Crippen MR) is 75.8 cm³/mol. The van der Waals surface area contributed by atoms with Crippen LogP contribution >= 0.6 is 0 Å². The van der Waals surface area contributed by atoms with Crippen LogP contribution in [0.3, 0.4) is 0 Å². The van der Waals surface area contributed by atoms with Crippen molar-refractivity contribution in [2.45, 2.75) is 34.6 Å². The minimum absolute atomic E-state index is 0.108. The van der Waals surface area contributed by atoms with Crippen LogP contribution in [0.2, 0.25) is 0 Å². The molecule has 0 aromatic heterocycles. The lowest BCUT2D eigenvalue weighted by Gasteiger charge is -2.10. The molecule has 6 nitrogen and oxygen atoms in total. The Kier molecular flexibility index (Phi) is 7.13. The fourth-order valence-corrected chi connectivity index (χ4v) is 1.04. The van der Waals surface area contributed by atoms with E-state index in [0.29, 0.717) is 0 Å². The lowest BCUT2D eigenvalue weighted by molar-refractivity contribution is -0.137. The first-order valence-electron chi connectivity index (χ1n) is 6.14. The molecular weight excluding hydrogens is 276 g/mol. The van der Waals surface area contributed by atoms with Gasteiger partial charge in [0.1, 0.15) is 11.5 Å². The van der Waals surface area contributed by atoms with Crippen molar-refractivity contribution in [2.24, 2.45) is 0 Å². The Labute approximate surface area is 124 Å². The van der Waals surface area contributed by atoms with E-state index >= 15 is 0 Å². The third kappa shape index (κ3) is 5.64. The van der Waals surface area contributed by atoms with Crippen LogP contribution in [0, 0.1) is 0 Å². The van der Waals surface area contributed by atoms with Crippen molar-refractivity contribution >= 4 is 17.9 Å². The molecule has 0 aliphatic carbocycles. The summed E-state index contributed by atoms with van der Waals surface area (Å²) in [6, 6.07) is 0. The molecule has 0 unspecified atom stereocenters. The van der Waals surface area contributed by atoms with Gasteiger partial charge in [-0.25, -0.2) is 14.4 Å². The second kappa shape index (κ2) is 8.04. The van der Waals surface area contributed by atoms with Gasteiger partial charge in [0.15, 0.2) is 0 Å². The van der Waals surface area contributed by atoms with Crippen LogP contribution in [0.5, 0.6) is 0 Å². The van der Waals surface area contributed by atoms with Gasteiger partial charge in [0.2, 0.25) is 0 Å². The van der Waals surface area contributed by atoms with Gasteiger partial charge in [0.05, 0.1) is 18.3 Å². The molecule has 0 aromatic carbocycles. The highest BCUT2D eigenvalue weighted by Crippen LogP contribution is 2.14. The first kappa shape index (κ1) is 18.6. The number of hydrogen-bond acceptors (Lipinski definition) is 6. The van der Waals surface area contributed by atoms with Gasteiger partial charge in [-0.15, -0.1) is 0 Å². The molecule has 0 amide bonds. The minimum atomic E-state index is -0.720. The number of methoxy groups -OCH3 is 1. The zero-order valence-corrected chi connectivity index (χ0v) is 13.2. The molecule has 0 radical (unpaired) electrons. The van der Waals surface area contributed by atoms with Gasteiger partial charge in [0, 0.05) is 5.57 Å². The Morgan fingerprint density at radius 3 is 1.48 bits per heavy atom. The van der Waals surface area contributed by atoms with E-state index in [-0.39, 0.29) is 28.2 Å². The second-order valence-electron chi connectivity index (χ2n) is 4.41. The van der Waals surface area contributed by atoms with Gasteiger partial charge < -0.3 is 14.2 Å². The van der Waals surface area contributed by atoms with Crippen LogP contribution in [0.4, 0.5) is 0 Å². The van der Waals surface area contributed by atoms with Crippen molar-refractivity contribution in [3.05, 3.63) is 34.8 Å². The zero-order chi connectivity index (χ0) is 16.7. The Balaban J connectivity index is 5.06. The quantitative estimate of drug-likeness (QED) is 0.335. The highest BCUT2D eigenvalue weighted by Gasteiger charge is 2.17. The smallest absolute Gasteiger partial charge is 0.342 e. The largest absolute Gasteiger partial charge is 0.466 e. The third-order valence-corrected chi connectivity index (χ3v) is 2.69. The van der Waals surface area contributed by atoms with E-state index < -0.39 is 17.9 Å². The molecular formula is C15H20O6. The van der Waals surface area contributed by atoms with Crippen molar-refractivity contribution < 1.29 is 28.6 Å². The lowest BCUT2D eigenvalue weighted by atomic mass is 10.2. The maximum absolute atomic E-state index is 11.9. The molecule has 0 saturated carbocycles. The molecule has 0 aliphatic heterocycles. The average molecular weight is 296 g/mol. The standard InChI is InChI=1S/C15H20O6/c1-8(2)13(16)20-12(6)10(4)15(18)21-11(5)9(3)14(17)19-7/h1H2,2-7H3. The predicted octanol–water partition coefficient (Wildman–Crippen LogP) is 2.41. The molecule has 0 aromatic rings. The zero-order valence-electron chi connectivity index (χ0n) is 13.2. The summed E-state index contributed by atoms with van der Waals surface area (Å²) in [6.45, 7) is 10.8. The van der Waals surface area contributed by atoms with E-state index in [2.05, 4.69) is 11.3 Å². The van der Waals surface area contributed by atoms with Crippen LogP contribution in [0.15, 0.2) is 34.8 Å². The van der Waals surface area contributed by atoms with E-state index in [1.54, 1.807) is 0 Å². The molecule has 0 rings (SSSR count). The Morgan fingerprint density at radius 1 is 0.714 bits per heavy atom. The van der Waals surface area contributed by atoms with E-state index in [9.17, 15) is 14.4 Å². The monoisotopic (exact) mass is 296 g/mol. The lowest BCUT2D eigenvalue weighted by Crippen LogP contribution is -2.13. The number of carbonyl (C=O) groups is 3. The summed E-state index contributed by atoms with van der Waals surface area (Å²) < 4.78 is 14.5. The van der Waals surface area contributed by atoms with Crippen molar-refractivity contribution in [1.82, 2.24) is 0 Å². The van der Waals surface area contributed by atoms with Crippen LogP contribution < -0.4 is 0 Å². The Morgan fingerprint density at radius 2 is 1.10 bits per heavy atom. The average Bonchev–Trinajstić information content (AvgIpc) is 2.43. The summed E-state index contributed by atoms with van der Waals surface area (Å²) in [5.74, 6) is -1.71. The molecule has 0 bridgehead atoms. The highest BCUT2D eigenvalue weighted by molar-refractivity contribution is 5.93. The molecule has 0 spiro atoms. The first-order valence-corrected chi connectivity index (χ1v) is 6.14. The molecule has 0 fully saturated rings. The van der Waals surface area contributed by atoms with Crippen molar-refractivity contribution in [3.63, 3.8) is 0 Å². The van der Waals surface area contributed by atoms with Gasteiger partial charge in [-0.1, -0.05) is 6.58 Å². The van der Waals surface area contributed by atoms with Crippen LogP contribution in [0.25, 0.3) is 0 Å². The van der Waals surface area contributed by atoms with Crippen molar-refractivity contribution in [3.8, 4) is 0 Å². The van der Waals surface area contributed by atoms with Gasteiger partial charge in [-0.05, 0) is 34.6 Å². The number of hydrogen-bond donors (Lipinski definition) is 0. The van der Waals surface area contributed by atoms with E-state index in [0.717, 1.165) is 0 Å². The van der Waals surface area contributed by atoms with Crippen molar-refractivity contribution in [1.29, 1.82) is 0 Å². The maximum Gasteiger partial charge on any atom is 0.342 e. The normalized spacial score (nSPS) is 12.7. The van der Waals surface area contributed by atoms with Gasteiger partial charge in [-0.2, -0.15) is 0 Å². The SMILES string of the molecule is C=C(C)C(=O)OC(C)=C(C)C(=O)OC(C)=C(C)C(=O)OC. The third-order valence-electron chi connectivity index (χ3n) is 2.69. The van der Waals surface area contributed by atoms with Crippen LogP contribution in [-0.2, 0) is 28.6 Å². The summed E-state index contributed by atoms with van der Waals surface area (Å²) in [6.07, 6.45) is 0. The Bertz CT molecular complexity index is 536. The number of allylic oxidation sites excluding steroid dienone is 2. The molecule has 0 N–H and O–H groups in total.